The number of rotatable bonds is 5. The summed E-state index contributed by atoms with van der Waals surface area (Å²) in [5.41, 5.74) is 1.91. The highest BCUT2D eigenvalue weighted by molar-refractivity contribution is 9.10. The normalized spacial score (nSPS) is 20.6. The first-order valence-corrected chi connectivity index (χ1v) is 11.2. The third-order valence-corrected chi connectivity index (χ3v) is 6.55. The SMILES string of the molecule is CCOC(=O)C1=C2C[C@@H](CC#N)CN2C(c2nccs2)=N[C@H]1c1ccc(F)cc1Br. The molecule has 6 nitrogen and oxygen atoms in total. The van der Waals surface area contributed by atoms with E-state index in [0.717, 1.165) is 10.7 Å². The van der Waals surface area contributed by atoms with Crippen molar-refractivity contribution in [3.05, 3.63) is 61.9 Å². The summed E-state index contributed by atoms with van der Waals surface area (Å²) in [5.74, 6) is -0.0875. The summed E-state index contributed by atoms with van der Waals surface area (Å²) in [4.78, 5) is 24.3. The molecule has 2 aliphatic rings. The monoisotopic (exact) mass is 488 g/mol. The van der Waals surface area contributed by atoms with Crippen LogP contribution in [0.4, 0.5) is 4.39 Å². The van der Waals surface area contributed by atoms with E-state index in [4.69, 9.17) is 9.73 Å². The summed E-state index contributed by atoms with van der Waals surface area (Å²) in [6.07, 6.45) is 2.66. The van der Waals surface area contributed by atoms with Crippen LogP contribution in [0, 0.1) is 23.1 Å². The zero-order valence-corrected chi connectivity index (χ0v) is 18.5. The Labute approximate surface area is 185 Å². The van der Waals surface area contributed by atoms with Crippen molar-refractivity contribution in [3.63, 3.8) is 0 Å². The minimum atomic E-state index is -0.662. The van der Waals surface area contributed by atoms with Gasteiger partial charge in [0, 0.05) is 34.7 Å². The summed E-state index contributed by atoms with van der Waals surface area (Å²) in [6, 6.07) is 5.91. The average molecular weight is 489 g/mol. The number of esters is 1. The number of nitrogens with zero attached hydrogens (tertiary/aromatic N) is 4. The largest absolute Gasteiger partial charge is 0.463 e. The molecule has 0 radical (unpaired) electrons. The molecule has 30 heavy (non-hydrogen) atoms. The number of carbonyl (C=O) groups is 1. The van der Waals surface area contributed by atoms with Crippen LogP contribution in [0.1, 0.15) is 36.4 Å². The van der Waals surface area contributed by atoms with Gasteiger partial charge in [-0.25, -0.2) is 14.2 Å². The molecule has 2 atom stereocenters. The van der Waals surface area contributed by atoms with E-state index in [1.54, 1.807) is 19.2 Å². The quantitative estimate of drug-likeness (QED) is 0.574. The van der Waals surface area contributed by atoms with Gasteiger partial charge in [-0.3, -0.25) is 4.99 Å². The van der Waals surface area contributed by atoms with Crippen LogP contribution in [0.25, 0.3) is 0 Å². The third-order valence-electron chi connectivity index (χ3n) is 5.10. The number of aliphatic imine (C=N–C) groups is 1. The fourth-order valence-electron chi connectivity index (χ4n) is 3.86. The second kappa shape index (κ2) is 8.66. The summed E-state index contributed by atoms with van der Waals surface area (Å²) < 4.78 is 19.6. The van der Waals surface area contributed by atoms with E-state index >= 15 is 0 Å². The Kier molecular flexibility index (Phi) is 5.97. The van der Waals surface area contributed by atoms with Crippen LogP contribution < -0.4 is 0 Å². The van der Waals surface area contributed by atoms with Gasteiger partial charge in [-0.05, 0) is 37.0 Å². The number of halogens is 2. The first-order chi connectivity index (χ1) is 14.5. The number of hydrogen-bond donors (Lipinski definition) is 0. The van der Waals surface area contributed by atoms with Crippen LogP contribution >= 0.6 is 27.3 Å². The zero-order chi connectivity index (χ0) is 21.3. The molecule has 0 N–H and O–H groups in total. The Morgan fingerprint density at radius 3 is 3.00 bits per heavy atom. The highest BCUT2D eigenvalue weighted by Crippen LogP contribution is 2.44. The smallest absolute Gasteiger partial charge is 0.338 e. The predicted molar refractivity (Wildman–Crippen MR) is 114 cm³/mol. The van der Waals surface area contributed by atoms with E-state index in [1.807, 2.05) is 10.3 Å². The van der Waals surface area contributed by atoms with Crippen molar-refractivity contribution in [2.45, 2.75) is 25.8 Å². The molecule has 1 aromatic carbocycles. The molecule has 3 heterocycles. The van der Waals surface area contributed by atoms with Crippen LogP contribution in [0.15, 0.2) is 50.5 Å². The van der Waals surface area contributed by atoms with Crippen molar-refractivity contribution < 1.29 is 13.9 Å². The first-order valence-electron chi connectivity index (χ1n) is 9.50. The number of aromatic nitrogens is 1. The number of amidine groups is 1. The lowest BCUT2D eigenvalue weighted by molar-refractivity contribution is -0.139. The molecule has 0 unspecified atom stereocenters. The Morgan fingerprint density at radius 2 is 2.33 bits per heavy atom. The molecule has 2 aliphatic heterocycles. The second-order valence-electron chi connectivity index (χ2n) is 6.98. The highest BCUT2D eigenvalue weighted by atomic mass is 79.9. The fourth-order valence-corrected chi connectivity index (χ4v) is 5.07. The number of hydrogen-bond acceptors (Lipinski definition) is 7. The maximum atomic E-state index is 13.7. The number of nitriles is 1. The van der Waals surface area contributed by atoms with E-state index in [0.29, 0.717) is 40.8 Å². The third kappa shape index (κ3) is 3.77. The molecule has 0 spiro atoms. The number of ether oxygens (including phenoxy) is 1. The van der Waals surface area contributed by atoms with Gasteiger partial charge in [-0.15, -0.1) is 11.3 Å². The summed E-state index contributed by atoms with van der Waals surface area (Å²) in [6.45, 7) is 2.57. The van der Waals surface area contributed by atoms with Crippen molar-refractivity contribution in [3.8, 4) is 6.07 Å². The Balaban J connectivity index is 1.90. The molecule has 2 aromatic rings. The molecule has 0 amide bonds. The summed E-state index contributed by atoms with van der Waals surface area (Å²) in [7, 11) is 0. The molecule has 154 valence electrons. The molecule has 0 bridgehead atoms. The maximum absolute atomic E-state index is 13.7. The zero-order valence-electron chi connectivity index (χ0n) is 16.1. The molecular weight excluding hydrogens is 471 g/mol. The van der Waals surface area contributed by atoms with E-state index in [2.05, 4.69) is 27.0 Å². The van der Waals surface area contributed by atoms with Gasteiger partial charge in [0.2, 0.25) is 0 Å². The topological polar surface area (TPSA) is 78.6 Å². The molecule has 1 saturated heterocycles. The molecule has 4 rings (SSSR count). The molecular formula is C21H18BrFN4O2S. The number of allylic oxidation sites excluding steroid dienone is 1. The van der Waals surface area contributed by atoms with Crippen molar-refractivity contribution in [2.75, 3.05) is 13.2 Å². The second-order valence-corrected chi connectivity index (χ2v) is 8.73. The minimum Gasteiger partial charge on any atom is -0.463 e. The van der Waals surface area contributed by atoms with Gasteiger partial charge in [0.1, 0.15) is 11.9 Å². The Morgan fingerprint density at radius 1 is 1.50 bits per heavy atom. The Hall–Kier alpha value is -2.57. The Bertz CT molecular complexity index is 1080. The predicted octanol–water partition coefficient (Wildman–Crippen LogP) is 4.60. The number of carbonyl (C=O) groups excluding carboxylic acids is 1. The van der Waals surface area contributed by atoms with Crippen LogP contribution in [0.5, 0.6) is 0 Å². The van der Waals surface area contributed by atoms with Gasteiger partial charge >= 0.3 is 5.97 Å². The van der Waals surface area contributed by atoms with E-state index < -0.39 is 12.0 Å². The van der Waals surface area contributed by atoms with Crippen molar-refractivity contribution in [1.29, 1.82) is 5.26 Å². The van der Waals surface area contributed by atoms with E-state index in [-0.39, 0.29) is 18.3 Å². The van der Waals surface area contributed by atoms with Crippen molar-refractivity contribution in [2.24, 2.45) is 10.9 Å². The molecule has 1 aromatic heterocycles. The first kappa shape index (κ1) is 20.7. The average Bonchev–Trinajstić information content (AvgIpc) is 3.37. The lowest BCUT2D eigenvalue weighted by atomic mass is 9.93. The molecule has 0 saturated carbocycles. The molecule has 0 aliphatic carbocycles. The van der Waals surface area contributed by atoms with E-state index in [9.17, 15) is 14.4 Å². The van der Waals surface area contributed by atoms with Gasteiger partial charge in [0.15, 0.2) is 10.8 Å². The number of fused-ring (bicyclic) bond motifs is 1. The highest BCUT2D eigenvalue weighted by Gasteiger charge is 2.42. The summed E-state index contributed by atoms with van der Waals surface area (Å²) in [5, 5.41) is 11.8. The van der Waals surface area contributed by atoms with Gasteiger partial charge in [0.05, 0.1) is 18.2 Å². The van der Waals surface area contributed by atoms with Gasteiger partial charge in [0.25, 0.3) is 0 Å². The van der Waals surface area contributed by atoms with Gasteiger partial charge in [-0.2, -0.15) is 5.26 Å². The lowest BCUT2D eigenvalue weighted by Crippen LogP contribution is -2.35. The van der Waals surface area contributed by atoms with Crippen molar-refractivity contribution in [1.82, 2.24) is 9.88 Å². The van der Waals surface area contributed by atoms with E-state index in [1.165, 1.54) is 23.5 Å². The molecule has 9 heteroatoms. The standard InChI is InChI=1S/C21H18BrFN4O2S/c1-2-29-21(28)17-16-9-12(5-6-24)11-27(16)19(20-25-7-8-30-20)26-18(17)14-4-3-13(23)10-15(14)22/h3-4,7-8,10,12,18H,2,5,9,11H2,1H3/t12-,18+/m1/s1. The van der Waals surface area contributed by atoms with Crippen LogP contribution in [0.2, 0.25) is 0 Å². The maximum Gasteiger partial charge on any atom is 0.338 e. The van der Waals surface area contributed by atoms with Gasteiger partial charge < -0.3 is 9.64 Å². The molecule has 1 fully saturated rings. The lowest BCUT2D eigenvalue weighted by Gasteiger charge is -2.32. The van der Waals surface area contributed by atoms with Crippen LogP contribution in [-0.4, -0.2) is 34.8 Å². The number of thiazole rings is 1. The fraction of sp³-hybridized carbons (Fsp3) is 0.333. The summed E-state index contributed by atoms with van der Waals surface area (Å²) >= 11 is 4.88. The van der Waals surface area contributed by atoms with Crippen molar-refractivity contribution >= 4 is 39.1 Å². The van der Waals surface area contributed by atoms with Crippen LogP contribution in [0.3, 0.4) is 0 Å². The van der Waals surface area contributed by atoms with Gasteiger partial charge in [-0.1, -0.05) is 22.0 Å². The minimum absolute atomic E-state index is 0.0787. The number of benzene rings is 1. The van der Waals surface area contributed by atoms with Crippen LogP contribution in [-0.2, 0) is 9.53 Å².